The summed E-state index contributed by atoms with van der Waals surface area (Å²) in [4.78, 5) is 0.172. The Hall–Kier alpha value is -1.48. The van der Waals surface area contributed by atoms with Crippen molar-refractivity contribution in [3.63, 3.8) is 0 Å². The van der Waals surface area contributed by atoms with Gasteiger partial charge in [0.05, 0.1) is 18.0 Å². The third kappa shape index (κ3) is 3.08. The average molecular weight is 347 g/mol. The minimum atomic E-state index is 0.172. The number of rotatable bonds is 3. The van der Waals surface area contributed by atoms with Gasteiger partial charge in [0.25, 0.3) is 0 Å². The SMILES string of the molecule is CCc1ccccc1C(Br)c1ccc2c(c1)OCCCO2. The molecule has 2 aromatic carbocycles. The van der Waals surface area contributed by atoms with E-state index in [4.69, 9.17) is 9.47 Å². The van der Waals surface area contributed by atoms with Gasteiger partial charge in [-0.2, -0.15) is 0 Å². The Morgan fingerprint density at radius 1 is 1.05 bits per heavy atom. The lowest BCUT2D eigenvalue weighted by molar-refractivity contribution is 0.297. The molecule has 1 heterocycles. The molecule has 0 spiro atoms. The topological polar surface area (TPSA) is 18.5 Å². The fraction of sp³-hybridized carbons (Fsp3) is 0.333. The number of hydrogen-bond acceptors (Lipinski definition) is 2. The van der Waals surface area contributed by atoms with Crippen LogP contribution in [0.1, 0.15) is 34.9 Å². The summed E-state index contributed by atoms with van der Waals surface area (Å²) in [6.07, 6.45) is 1.96. The number of aryl methyl sites for hydroxylation is 1. The third-order valence-corrected chi connectivity index (χ3v) is 4.80. The number of ether oxygens (including phenoxy) is 2. The van der Waals surface area contributed by atoms with Crippen LogP contribution in [0, 0.1) is 0 Å². The summed E-state index contributed by atoms with van der Waals surface area (Å²) in [5.41, 5.74) is 3.88. The molecule has 2 nitrogen and oxygen atoms in total. The van der Waals surface area contributed by atoms with Gasteiger partial charge in [0.15, 0.2) is 11.5 Å². The molecule has 3 heteroatoms. The molecular formula is C18H19BrO2. The van der Waals surface area contributed by atoms with Crippen LogP contribution in [0.4, 0.5) is 0 Å². The van der Waals surface area contributed by atoms with Crippen molar-refractivity contribution in [2.75, 3.05) is 13.2 Å². The van der Waals surface area contributed by atoms with Crippen LogP contribution in [0.25, 0.3) is 0 Å². The van der Waals surface area contributed by atoms with E-state index in [-0.39, 0.29) is 4.83 Å². The maximum Gasteiger partial charge on any atom is 0.161 e. The first kappa shape index (κ1) is 14.5. The van der Waals surface area contributed by atoms with Crippen molar-refractivity contribution in [1.82, 2.24) is 0 Å². The Morgan fingerprint density at radius 2 is 1.81 bits per heavy atom. The molecule has 0 aromatic heterocycles. The predicted octanol–water partition coefficient (Wildman–Crippen LogP) is 4.89. The maximum absolute atomic E-state index is 5.79. The molecule has 0 fully saturated rings. The zero-order chi connectivity index (χ0) is 14.7. The van der Waals surface area contributed by atoms with Crippen molar-refractivity contribution < 1.29 is 9.47 Å². The second-order valence-electron chi connectivity index (χ2n) is 5.17. The van der Waals surface area contributed by atoms with Gasteiger partial charge >= 0.3 is 0 Å². The number of benzene rings is 2. The van der Waals surface area contributed by atoms with Crippen molar-refractivity contribution in [1.29, 1.82) is 0 Å². The lowest BCUT2D eigenvalue weighted by atomic mass is 9.98. The van der Waals surface area contributed by atoms with E-state index >= 15 is 0 Å². The van der Waals surface area contributed by atoms with Crippen molar-refractivity contribution in [3.05, 3.63) is 59.2 Å². The van der Waals surface area contributed by atoms with Crippen molar-refractivity contribution in [3.8, 4) is 11.5 Å². The van der Waals surface area contributed by atoms with Gasteiger partial charge in [-0.15, -0.1) is 0 Å². The molecule has 0 bridgehead atoms. The van der Waals surface area contributed by atoms with E-state index < -0.39 is 0 Å². The van der Waals surface area contributed by atoms with Gasteiger partial charge in [-0.25, -0.2) is 0 Å². The Balaban J connectivity index is 1.94. The molecule has 21 heavy (non-hydrogen) atoms. The predicted molar refractivity (Wildman–Crippen MR) is 88.6 cm³/mol. The average Bonchev–Trinajstić information content (AvgIpc) is 2.78. The van der Waals surface area contributed by atoms with Gasteiger partial charge in [-0.1, -0.05) is 53.2 Å². The second kappa shape index (κ2) is 6.52. The van der Waals surface area contributed by atoms with Crippen LogP contribution >= 0.6 is 15.9 Å². The Morgan fingerprint density at radius 3 is 2.62 bits per heavy atom. The Kier molecular flexibility index (Phi) is 4.49. The summed E-state index contributed by atoms with van der Waals surface area (Å²) in [6, 6.07) is 14.8. The highest BCUT2D eigenvalue weighted by atomic mass is 79.9. The van der Waals surface area contributed by atoms with Crippen LogP contribution in [0.15, 0.2) is 42.5 Å². The second-order valence-corrected chi connectivity index (χ2v) is 6.09. The number of fused-ring (bicyclic) bond motifs is 1. The maximum atomic E-state index is 5.79. The van der Waals surface area contributed by atoms with E-state index in [1.807, 2.05) is 6.07 Å². The summed E-state index contributed by atoms with van der Waals surface area (Å²) in [5.74, 6) is 1.70. The molecule has 1 atom stereocenters. The summed E-state index contributed by atoms with van der Waals surface area (Å²) < 4.78 is 11.5. The van der Waals surface area contributed by atoms with E-state index in [0.29, 0.717) is 0 Å². The number of hydrogen-bond donors (Lipinski definition) is 0. The first-order chi connectivity index (χ1) is 10.3. The van der Waals surface area contributed by atoms with Gasteiger partial charge in [-0.05, 0) is 35.2 Å². The highest BCUT2D eigenvalue weighted by molar-refractivity contribution is 9.09. The van der Waals surface area contributed by atoms with E-state index in [1.54, 1.807) is 0 Å². The first-order valence-corrected chi connectivity index (χ1v) is 8.32. The Bertz CT molecular complexity index is 624. The quantitative estimate of drug-likeness (QED) is 0.736. The molecular weight excluding hydrogens is 328 g/mol. The molecule has 0 N–H and O–H groups in total. The van der Waals surface area contributed by atoms with Gasteiger partial charge in [0, 0.05) is 6.42 Å². The molecule has 0 saturated carbocycles. The summed E-state index contributed by atoms with van der Waals surface area (Å²) in [6.45, 7) is 3.63. The van der Waals surface area contributed by atoms with Crippen molar-refractivity contribution in [2.24, 2.45) is 0 Å². The van der Waals surface area contributed by atoms with Crippen LogP contribution in [0.3, 0.4) is 0 Å². The zero-order valence-electron chi connectivity index (χ0n) is 12.1. The van der Waals surface area contributed by atoms with Gasteiger partial charge < -0.3 is 9.47 Å². The number of alkyl halides is 1. The van der Waals surface area contributed by atoms with Gasteiger partial charge in [0.1, 0.15) is 0 Å². The molecule has 1 aliphatic heterocycles. The fourth-order valence-electron chi connectivity index (χ4n) is 2.62. The molecule has 0 amide bonds. The fourth-order valence-corrected chi connectivity index (χ4v) is 3.35. The molecule has 0 saturated heterocycles. The van der Waals surface area contributed by atoms with E-state index in [1.165, 1.54) is 16.7 Å². The van der Waals surface area contributed by atoms with Crippen LogP contribution < -0.4 is 9.47 Å². The standard InChI is InChI=1S/C18H19BrO2/c1-2-13-6-3-4-7-15(13)18(19)14-8-9-16-17(12-14)21-11-5-10-20-16/h3-4,6-9,12,18H,2,5,10-11H2,1H3. The van der Waals surface area contributed by atoms with Crippen LogP contribution in [-0.4, -0.2) is 13.2 Å². The monoisotopic (exact) mass is 346 g/mol. The molecule has 3 rings (SSSR count). The smallest absolute Gasteiger partial charge is 0.161 e. The van der Waals surface area contributed by atoms with E-state index in [0.717, 1.165) is 37.6 Å². The van der Waals surface area contributed by atoms with Gasteiger partial charge in [-0.3, -0.25) is 0 Å². The van der Waals surface area contributed by atoms with Gasteiger partial charge in [0.2, 0.25) is 0 Å². The highest BCUT2D eigenvalue weighted by Crippen LogP contribution is 2.38. The largest absolute Gasteiger partial charge is 0.490 e. The Labute approximate surface area is 134 Å². The molecule has 2 aromatic rings. The summed E-state index contributed by atoms with van der Waals surface area (Å²) in [5, 5.41) is 0. The molecule has 0 radical (unpaired) electrons. The zero-order valence-corrected chi connectivity index (χ0v) is 13.7. The highest BCUT2D eigenvalue weighted by Gasteiger charge is 2.17. The molecule has 0 aliphatic carbocycles. The third-order valence-electron chi connectivity index (χ3n) is 3.77. The number of halogens is 1. The minimum absolute atomic E-state index is 0.172. The van der Waals surface area contributed by atoms with Crippen molar-refractivity contribution in [2.45, 2.75) is 24.6 Å². The molecule has 1 aliphatic rings. The van der Waals surface area contributed by atoms with Crippen molar-refractivity contribution >= 4 is 15.9 Å². The summed E-state index contributed by atoms with van der Waals surface area (Å²) in [7, 11) is 0. The summed E-state index contributed by atoms with van der Waals surface area (Å²) >= 11 is 3.84. The minimum Gasteiger partial charge on any atom is -0.490 e. The first-order valence-electron chi connectivity index (χ1n) is 7.41. The lowest BCUT2D eigenvalue weighted by Gasteiger charge is -2.16. The van der Waals surface area contributed by atoms with Crippen LogP contribution in [0.5, 0.6) is 11.5 Å². The van der Waals surface area contributed by atoms with E-state index in [2.05, 4.69) is 59.3 Å². The lowest BCUT2D eigenvalue weighted by Crippen LogP contribution is -1.99. The molecule has 110 valence electrons. The molecule has 1 unspecified atom stereocenters. The van der Waals surface area contributed by atoms with E-state index in [9.17, 15) is 0 Å². The van der Waals surface area contributed by atoms with Crippen LogP contribution in [0.2, 0.25) is 0 Å². The van der Waals surface area contributed by atoms with Crippen LogP contribution in [-0.2, 0) is 6.42 Å². The normalized spacial score (nSPS) is 15.3.